The van der Waals surface area contributed by atoms with Crippen molar-refractivity contribution in [2.75, 3.05) is 20.8 Å². The Bertz CT molecular complexity index is 424. The summed E-state index contributed by atoms with van der Waals surface area (Å²) in [6.45, 7) is 2.72. The zero-order valence-corrected chi connectivity index (χ0v) is 11.8. The first-order chi connectivity index (χ1) is 9.13. The van der Waals surface area contributed by atoms with Gasteiger partial charge >= 0.3 is 0 Å². The summed E-state index contributed by atoms with van der Waals surface area (Å²) in [5, 5.41) is 0. The van der Waals surface area contributed by atoms with E-state index in [9.17, 15) is 4.79 Å². The Hall–Kier alpha value is -1.55. The topological polar surface area (TPSA) is 38.8 Å². The molecule has 0 aliphatic carbocycles. The Morgan fingerprint density at radius 3 is 2.63 bits per heavy atom. The monoisotopic (exact) mass is 263 g/mol. The molecule has 2 atom stereocenters. The number of likely N-dealkylation sites (N-methyl/N-ethyl adjacent to an activating group) is 1. The molecule has 2 unspecified atom stereocenters. The maximum Gasteiger partial charge on any atom is 0.251 e. The molecule has 4 nitrogen and oxygen atoms in total. The van der Waals surface area contributed by atoms with Gasteiger partial charge < -0.3 is 14.4 Å². The molecule has 0 spiro atoms. The molecule has 1 saturated heterocycles. The standard InChI is InChI=1S/C15H21NO3/c1-11(12-6-8-13(18-3)9-7-12)16(2)15(17)14-5-4-10-19-14/h6-9,11,14H,4-5,10H2,1-3H3. The van der Waals surface area contributed by atoms with Gasteiger partial charge in [-0.3, -0.25) is 4.79 Å². The third-order valence-electron chi connectivity index (χ3n) is 3.73. The van der Waals surface area contributed by atoms with Crippen LogP contribution >= 0.6 is 0 Å². The maximum atomic E-state index is 12.3. The van der Waals surface area contributed by atoms with Gasteiger partial charge in [0.05, 0.1) is 13.2 Å². The van der Waals surface area contributed by atoms with Crippen molar-refractivity contribution in [2.24, 2.45) is 0 Å². The summed E-state index contributed by atoms with van der Waals surface area (Å²) in [6, 6.07) is 7.83. The number of hydrogen-bond acceptors (Lipinski definition) is 3. The molecule has 0 bridgehead atoms. The van der Waals surface area contributed by atoms with Crippen LogP contribution in [-0.2, 0) is 9.53 Å². The molecule has 1 aromatic rings. The van der Waals surface area contributed by atoms with Gasteiger partial charge in [0.15, 0.2) is 0 Å². The van der Waals surface area contributed by atoms with Gasteiger partial charge in [-0.2, -0.15) is 0 Å². The summed E-state index contributed by atoms with van der Waals surface area (Å²) in [4.78, 5) is 14.0. The van der Waals surface area contributed by atoms with E-state index in [1.165, 1.54) is 0 Å². The first-order valence-corrected chi connectivity index (χ1v) is 6.65. The van der Waals surface area contributed by atoms with E-state index in [1.54, 1.807) is 12.0 Å². The van der Waals surface area contributed by atoms with Crippen LogP contribution in [0, 0.1) is 0 Å². The van der Waals surface area contributed by atoms with Crippen molar-refractivity contribution in [3.05, 3.63) is 29.8 Å². The normalized spacial score (nSPS) is 20.1. The van der Waals surface area contributed by atoms with E-state index in [0.717, 1.165) is 24.2 Å². The van der Waals surface area contributed by atoms with Crippen molar-refractivity contribution in [3.8, 4) is 5.75 Å². The summed E-state index contributed by atoms with van der Waals surface area (Å²) >= 11 is 0. The summed E-state index contributed by atoms with van der Waals surface area (Å²) in [5.74, 6) is 0.893. The number of carbonyl (C=O) groups is 1. The summed E-state index contributed by atoms with van der Waals surface area (Å²) in [7, 11) is 3.48. The molecule has 2 rings (SSSR count). The highest BCUT2D eigenvalue weighted by atomic mass is 16.5. The van der Waals surface area contributed by atoms with Gasteiger partial charge in [0.25, 0.3) is 5.91 Å². The number of benzene rings is 1. The van der Waals surface area contributed by atoms with Crippen LogP contribution in [0.1, 0.15) is 31.4 Å². The average Bonchev–Trinajstić information content (AvgIpc) is 2.99. The lowest BCUT2D eigenvalue weighted by molar-refractivity contribution is -0.141. The van der Waals surface area contributed by atoms with Crippen molar-refractivity contribution >= 4 is 5.91 Å². The number of ether oxygens (including phenoxy) is 2. The zero-order valence-electron chi connectivity index (χ0n) is 11.8. The van der Waals surface area contributed by atoms with Crippen LogP contribution in [-0.4, -0.2) is 37.7 Å². The number of nitrogens with zero attached hydrogens (tertiary/aromatic N) is 1. The summed E-state index contributed by atoms with van der Waals surface area (Å²) < 4.78 is 10.6. The van der Waals surface area contributed by atoms with Crippen LogP contribution in [0.15, 0.2) is 24.3 Å². The Labute approximate surface area is 114 Å². The van der Waals surface area contributed by atoms with Gasteiger partial charge in [-0.25, -0.2) is 0 Å². The second-order valence-corrected chi connectivity index (χ2v) is 4.90. The molecule has 1 aliphatic rings. The van der Waals surface area contributed by atoms with Gasteiger partial charge in [-0.15, -0.1) is 0 Å². The number of hydrogen-bond donors (Lipinski definition) is 0. The van der Waals surface area contributed by atoms with Crippen molar-refractivity contribution in [1.82, 2.24) is 4.90 Å². The fraction of sp³-hybridized carbons (Fsp3) is 0.533. The second-order valence-electron chi connectivity index (χ2n) is 4.90. The number of carbonyl (C=O) groups excluding carboxylic acids is 1. The van der Waals surface area contributed by atoms with E-state index in [4.69, 9.17) is 9.47 Å². The first-order valence-electron chi connectivity index (χ1n) is 6.65. The molecule has 4 heteroatoms. The Morgan fingerprint density at radius 2 is 2.11 bits per heavy atom. The van der Waals surface area contributed by atoms with Crippen molar-refractivity contribution in [3.63, 3.8) is 0 Å². The van der Waals surface area contributed by atoms with E-state index in [2.05, 4.69) is 0 Å². The summed E-state index contributed by atoms with van der Waals surface area (Å²) in [6.07, 6.45) is 1.55. The smallest absolute Gasteiger partial charge is 0.251 e. The molecular weight excluding hydrogens is 242 g/mol. The van der Waals surface area contributed by atoms with Crippen LogP contribution in [0.25, 0.3) is 0 Å². The second kappa shape index (κ2) is 6.06. The fourth-order valence-corrected chi connectivity index (χ4v) is 2.30. The quantitative estimate of drug-likeness (QED) is 0.837. The molecule has 1 aromatic carbocycles. The first kappa shape index (κ1) is 13.9. The average molecular weight is 263 g/mol. The lowest BCUT2D eigenvalue weighted by Gasteiger charge is -2.27. The van der Waals surface area contributed by atoms with E-state index in [0.29, 0.717) is 6.61 Å². The molecule has 104 valence electrons. The Morgan fingerprint density at radius 1 is 1.42 bits per heavy atom. The molecule has 1 heterocycles. The highest BCUT2D eigenvalue weighted by molar-refractivity contribution is 5.81. The van der Waals surface area contributed by atoms with Crippen LogP contribution in [0.2, 0.25) is 0 Å². The summed E-state index contributed by atoms with van der Waals surface area (Å²) in [5.41, 5.74) is 1.09. The third-order valence-corrected chi connectivity index (χ3v) is 3.73. The van der Waals surface area contributed by atoms with Crippen LogP contribution in [0.5, 0.6) is 5.75 Å². The molecular formula is C15H21NO3. The lowest BCUT2D eigenvalue weighted by atomic mass is 10.1. The Balaban J connectivity index is 2.04. The molecule has 1 amide bonds. The molecule has 19 heavy (non-hydrogen) atoms. The highest BCUT2D eigenvalue weighted by Crippen LogP contribution is 2.24. The Kier molecular flexibility index (Phi) is 4.43. The van der Waals surface area contributed by atoms with Crippen LogP contribution in [0.4, 0.5) is 0 Å². The molecule has 0 aromatic heterocycles. The van der Waals surface area contributed by atoms with Gasteiger partial charge in [0.2, 0.25) is 0 Å². The SMILES string of the molecule is COc1ccc(C(C)N(C)C(=O)C2CCCO2)cc1. The van der Waals surface area contributed by atoms with Crippen LogP contribution < -0.4 is 4.74 Å². The van der Waals surface area contributed by atoms with Gasteiger partial charge in [-0.05, 0) is 37.5 Å². The van der Waals surface area contributed by atoms with Crippen molar-refractivity contribution in [1.29, 1.82) is 0 Å². The minimum atomic E-state index is -0.259. The molecule has 1 aliphatic heterocycles. The third kappa shape index (κ3) is 3.07. The van der Waals surface area contributed by atoms with Gasteiger partial charge in [0, 0.05) is 13.7 Å². The molecule has 1 fully saturated rings. The number of methoxy groups -OCH3 is 1. The maximum absolute atomic E-state index is 12.3. The zero-order chi connectivity index (χ0) is 13.8. The fourth-order valence-electron chi connectivity index (χ4n) is 2.30. The molecule has 0 radical (unpaired) electrons. The predicted octanol–water partition coefficient (Wildman–Crippen LogP) is 2.39. The highest BCUT2D eigenvalue weighted by Gasteiger charge is 2.28. The predicted molar refractivity (Wildman–Crippen MR) is 73.2 cm³/mol. The minimum Gasteiger partial charge on any atom is -0.497 e. The lowest BCUT2D eigenvalue weighted by Crippen LogP contribution is -2.37. The van der Waals surface area contributed by atoms with E-state index < -0.39 is 0 Å². The minimum absolute atomic E-state index is 0.0302. The van der Waals surface area contributed by atoms with E-state index in [1.807, 2.05) is 38.2 Å². The van der Waals surface area contributed by atoms with E-state index >= 15 is 0 Å². The van der Waals surface area contributed by atoms with Crippen LogP contribution in [0.3, 0.4) is 0 Å². The largest absolute Gasteiger partial charge is 0.497 e. The van der Waals surface area contributed by atoms with E-state index in [-0.39, 0.29) is 18.1 Å². The van der Waals surface area contributed by atoms with Crippen molar-refractivity contribution in [2.45, 2.75) is 31.9 Å². The van der Waals surface area contributed by atoms with Gasteiger partial charge in [-0.1, -0.05) is 12.1 Å². The number of rotatable bonds is 4. The van der Waals surface area contributed by atoms with Gasteiger partial charge in [0.1, 0.15) is 11.9 Å². The molecule has 0 N–H and O–H groups in total. The molecule has 0 saturated carbocycles. The number of amides is 1. The van der Waals surface area contributed by atoms with Crippen molar-refractivity contribution < 1.29 is 14.3 Å².